The van der Waals surface area contributed by atoms with Crippen molar-refractivity contribution in [1.29, 1.82) is 0 Å². The molecule has 0 fully saturated rings. The van der Waals surface area contributed by atoms with Gasteiger partial charge in [-0.15, -0.1) is 6.42 Å². The zero-order chi connectivity index (χ0) is 13.0. The summed E-state index contributed by atoms with van der Waals surface area (Å²) in [5.41, 5.74) is 2.54. The van der Waals surface area contributed by atoms with Gasteiger partial charge in [-0.3, -0.25) is 0 Å². The van der Waals surface area contributed by atoms with Gasteiger partial charge in [0.15, 0.2) is 0 Å². The zero-order valence-corrected chi connectivity index (χ0v) is 11.1. The zero-order valence-electron chi connectivity index (χ0n) is 11.1. The van der Waals surface area contributed by atoms with Crippen molar-refractivity contribution in [2.24, 2.45) is 5.92 Å². The van der Waals surface area contributed by atoms with Crippen LogP contribution >= 0.6 is 0 Å². The first-order valence-electron chi connectivity index (χ1n) is 6.43. The molecule has 0 saturated carbocycles. The van der Waals surface area contributed by atoms with E-state index in [1.54, 1.807) is 0 Å². The standard InChI is InChI=1S/C16H20N2/c1-4-9-18-12-14(11-17-10-13(2)3)15-7-5-6-8-16(15)18/h1,5-8,12-13,17H,9-11H2,2-3H3. The number of fused-ring (bicyclic) bond motifs is 1. The van der Waals surface area contributed by atoms with Crippen molar-refractivity contribution in [3.05, 3.63) is 36.0 Å². The van der Waals surface area contributed by atoms with Crippen LogP contribution in [0, 0.1) is 18.3 Å². The number of nitrogens with one attached hydrogen (secondary N) is 1. The summed E-state index contributed by atoms with van der Waals surface area (Å²) in [5.74, 6) is 3.38. The molecule has 1 aromatic carbocycles. The maximum atomic E-state index is 5.41. The molecule has 0 bridgehead atoms. The van der Waals surface area contributed by atoms with Crippen LogP contribution in [0.25, 0.3) is 10.9 Å². The largest absolute Gasteiger partial charge is 0.336 e. The van der Waals surface area contributed by atoms with Crippen LogP contribution in [0.15, 0.2) is 30.5 Å². The maximum absolute atomic E-state index is 5.41. The van der Waals surface area contributed by atoms with Crippen molar-refractivity contribution in [3.63, 3.8) is 0 Å². The number of nitrogens with zero attached hydrogens (tertiary/aromatic N) is 1. The monoisotopic (exact) mass is 240 g/mol. The third kappa shape index (κ3) is 2.75. The molecule has 2 heteroatoms. The molecule has 0 aliphatic rings. The van der Waals surface area contributed by atoms with E-state index in [4.69, 9.17) is 6.42 Å². The Kier molecular flexibility index (Phi) is 4.07. The topological polar surface area (TPSA) is 17.0 Å². The van der Waals surface area contributed by atoms with Crippen molar-refractivity contribution >= 4 is 10.9 Å². The summed E-state index contributed by atoms with van der Waals surface area (Å²) >= 11 is 0. The normalized spacial score (nSPS) is 11.0. The summed E-state index contributed by atoms with van der Waals surface area (Å²) in [5, 5.41) is 4.78. The Balaban J connectivity index is 2.25. The van der Waals surface area contributed by atoms with Gasteiger partial charge in [0.05, 0.1) is 6.54 Å². The molecule has 2 aromatic rings. The van der Waals surface area contributed by atoms with E-state index in [1.165, 1.54) is 16.5 Å². The van der Waals surface area contributed by atoms with E-state index in [1.807, 2.05) is 0 Å². The molecule has 1 N–H and O–H groups in total. The van der Waals surface area contributed by atoms with E-state index in [9.17, 15) is 0 Å². The molecule has 0 aliphatic heterocycles. The Morgan fingerprint density at radius 3 is 2.83 bits per heavy atom. The molecule has 0 spiro atoms. The molecule has 1 aromatic heterocycles. The molecule has 0 amide bonds. The van der Waals surface area contributed by atoms with Crippen molar-refractivity contribution in [2.75, 3.05) is 6.54 Å². The first kappa shape index (κ1) is 12.7. The third-order valence-electron chi connectivity index (χ3n) is 3.00. The van der Waals surface area contributed by atoms with Gasteiger partial charge < -0.3 is 9.88 Å². The minimum Gasteiger partial charge on any atom is -0.336 e. The van der Waals surface area contributed by atoms with E-state index >= 15 is 0 Å². The summed E-state index contributed by atoms with van der Waals surface area (Å²) in [4.78, 5) is 0. The second kappa shape index (κ2) is 5.75. The van der Waals surface area contributed by atoms with E-state index in [2.05, 4.69) is 60.1 Å². The Morgan fingerprint density at radius 2 is 2.11 bits per heavy atom. The molecule has 18 heavy (non-hydrogen) atoms. The van der Waals surface area contributed by atoms with Crippen LogP contribution in [-0.4, -0.2) is 11.1 Å². The Hall–Kier alpha value is -1.72. The Labute approximate surface area is 109 Å². The lowest BCUT2D eigenvalue weighted by Crippen LogP contribution is -2.18. The first-order chi connectivity index (χ1) is 8.72. The predicted molar refractivity (Wildman–Crippen MR) is 77.3 cm³/mol. The van der Waals surface area contributed by atoms with Crippen LogP contribution in [-0.2, 0) is 13.1 Å². The van der Waals surface area contributed by atoms with Gasteiger partial charge in [-0.25, -0.2) is 0 Å². The molecular formula is C16H20N2. The van der Waals surface area contributed by atoms with Crippen LogP contribution in [0.1, 0.15) is 19.4 Å². The Morgan fingerprint density at radius 1 is 1.33 bits per heavy atom. The van der Waals surface area contributed by atoms with Crippen molar-refractivity contribution < 1.29 is 0 Å². The van der Waals surface area contributed by atoms with Gasteiger partial charge in [-0.05, 0) is 24.1 Å². The second-order valence-electron chi connectivity index (χ2n) is 5.03. The average Bonchev–Trinajstić information content (AvgIpc) is 2.69. The Bertz CT molecular complexity index is 558. The van der Waals surface area contributed by atoms with Gasteiger partial charge in [0.2, 0.25) is 0 Å². The van der Waals surface area contributed by atoms with Gasteiger partial charge in [0, 0.05) is 23.6 Å². The summed E-state index contributed by atoms with van der Waals surface area (Å²) in [6, 6.07) is 8.42. The highest BCUT2D eigenvalue weighted by Gasteiger charge is 2.06. The van der Waals surface area contributed by atoms with Crippen LogP contribution in [0.4, 0.5) is 0 Å². The van der Waals surface area contributed by atoms with E-state index in [0.717, 1.165) is 13.1 Å². The molecule has 2 nitrogen and oxygen atoms in total. The predicted octanol–water partition coefficient (Wildman–Crippen LogP) is 3.02. The number of para-hydroxylation sites is 1. The first-order valence-corrected chi connectivity index (χ1v) is 6.43. The van der Waals surface area contributed by atoms with Gasteiger partial charge >= 0.3 is 0 Å². The third-order valence-corrected chi connectivity index (χ3v) is 3.00. The average molecular weight is 240 g/mol. The number of benzene rings is 1. The minimum atomic E-state index is 0.630. The van der Waals surface area contributed by atoms with Crippen molar-refractivity contribution in [1.82, 2.24) is 9.88 Å². The van der Waals surface area contributed by atoms with Gasteiger partial charge in [0.25, 0.3) is 0 Å². The number of hydrogen-bond donors (Lipinski definition) is 1. The number of terminal acetylenes is 1. The smallest absolute Gasteiger partial charge is 0.0835 e. The highest BCUT2D eigenvalue weighted by Crippen LogP contribution is 2.21. The summed E-state index contributed by atoms with van der Waals surface area (Å²) in [6.45, 7) is 7.00. The van der Waals surface area contributed by atoms with Crippen molar-refractivity contribution in [3.8, 4) is 12.3 Å². The van der Waals surface area contributed by atoms with Gasteiger partial charge in [-0.2, -0.15) is 0 Å². The number of rotatable bonds is 5. The number of hydrogen-bond acceptors (Lipinski definition) is 1. The lowest BCUT2D eigenvalue weighted by molar-refractivity contribution is 0.553. The lowest BCUT2D eigenvalue weighted by Gasteiger charge is -2.06. The lowest BCUT2D eigenvalue weighted by atomic mass is 10.1. The maximum Gasteiger partial charge on any atom is 0.0835 e. The summed E-state index contributed by atoms with van der Waals surface area (Å²) < 4.78 is 2.14. The van der Waals surface area contributed by atoms with Crippen LogP contribution in [0.5, 0.6) is 0 Å². The highest BCUT2D eigenvalue weighted by molar-refractivity contribution is 5.84. The molecule has 0 saturated heterocycles. The van der Waals surface area contributed by atoms with Crippen molar-refractivity contribution in [2.45, 2.75) is 26.9 Å². The molecule has 0 radical (unpaired) electrons. The van der Waals surface area contributed by atoms with E-state index in [0.29, 0.717) is 12.5 Å². The molecule has 2 rings (SSSR count). The molecule has 0 aliphatic carbocycles. The minimum absolute atomic E-state index is 0.630. The summed E-state index contributed by atoms with van der Waals surface area (Å²) in [6.07, 6.45) is 7.58. The van der Waals surface area contributed by atoms with E-state index in [-0.39, 0.29) is 0 Å². The van der Waals surface area contributed by atoms with Gasteiger partial charge in [-0.1, -0.05) is 38.0 Å². The molecule has 0 unspecified atom stereocenters. The SMILES string of the molecule is C#CCn1cc(CNCC(C)C)c2ccccc21. The highest BCUT2D eigenvalue weighted by atomic mass is 15.0. The fourth-order valence-corrected chi connectivity index (χ4v) is 2.19. The molecule has 1 heterocycles. The van der Waals surface area contributed by atoms with Crippen LogP contribution in [0.3, 0.4) is 0 Å². The quantitative estimate of drug-likeness (QED) is 0.795. The molecular weight excluding hydrogens is 220 g/mol. The molecule has 94 valence electrons. The van der Waals surface area contributed by atoms with Crippen LogP contribution < -0.4 is 5.32 Å². The number of aromatic nitrogens is 1. The second-order valence-corrected chi connectivity index (χ2v) is 5.03. The van der Waals surface area contributed by atoms with Crippen LogP contribution in [0.2, 0.25) is 0 Å². The fraction of sp³-hybridized carbons (Fsp3) is 0.375. The van der Waals surface area contributed by atoms with E-state index < -0.39 is 0 Å². The fourth-order valence-electron chi connectivity index (χ4n) is 2.19. The van der Waals surface area contributed by atoms with Gasteiger partial charge in [0.1, 0.15) is 0 Å². The molecule has 0 atom stereocenters. The summed E-state index contributed by atoms with van der Waals surface area (Å²) in [7, 11) is 0.